The highest BCUT2D eigenvalue weighted by Gasteiger charge is 2.42. The third kappa shape index (κ3) is 3.36. The summed E-state index contributed by atoms with van der Waals surface area (Å²) in [6.45, 7) is 5.93. The molecule has 0 bridgehead atoms. The molecule has 1 atom stereocenters. The molecule has 1 aliphatic rings. The predicted molar refractivity (Wildman–Crippen MR) is 82.7 cm³/mol. The predicted octanol–water partition coefficient (Wildman–Crippen LogP) is 1.24. The fourth-order valence-electron chi connectivity index (χ4n) is 2.44. The van der Waals surface area contributed by atoms with Gasteiger partial charge in [-0.25, -0.2) is 19.9 Å². The van der Waals surface area contributed by atoms with Gasteiger partial charge in [0.05, 0.1) is 4.92 Å². The van der Waals surface area contributed by atoms with Crippen LogP contribution in [0.15, 0.2) is 6.20 Å². The van der Waals surface area contributed by atoms with Crippen LogP contribution in [0.4, 0.5) is 16.3 Å². The first-order valence-corrected chi connectivity index (χ1v) is 7.28. The lowest BCUT2D eigenvalue weighted by Crippen LogP contribution is -2.64. The summed E-state index contributed by atoms with van der Waals surface area (Å²) >= 11 is 0. The van der Waals surface area contributed by atoms with Gasteiger partial charge in [-0.05, 0) is 20.8 Å². The van der Waals surface area contributed by atoms with E-state index >= 15 is 0 Å². The Bertz CT molecular complexity index is 608. The van der Waals surface area contributed by atoms with Crippen molar-refractivity contribution < 1.29 is 14.5 Å². The first kappa shape index (κ1) is 17.0. The maximum Gasteiger partial charge on any atom is 0.426 e. The standard InChI is InChI=1S/C13H22N6O4/c1-13(2,3)23-12(20)18(14-4)10-6-7-17(10)11-9(19(21)22)8-15-16(11)5/h8,10,14H,6-7H2,1-5H3. The molecule has 1 aromatic heterocycles. The zero-order valence-corrected chi connectivity index (χ0v) is 13.9. The molecule has 1 fully saturated rings. The Morgan fingerprint density at radius 1 is 1.57 bits per heavy atom. The van der Waals surface area contributed by atoms with Crippen LogP contribution in [0.2, 0.25) is 0 Å². The first-order chi connectivity index (χ1) is 10.7. The number of hydrogen-bond acceptors (Lipinski definition) is 7. The highest BCUT2D eigenvalue weighted by Crippen LogP contribution is 2.35. The normalized spacial score (nSPS) is 17.6. The van der Waals surface area contributed by atoms with E-state index in [2.05, 4.69) is 10.5 Å². The molecule has 0 radical (unpaired) electrons. The van der Waals surface area contributed by atoms with Crippen LogP contribution in [0.3, 0.4) is 0 Å². The molecule has 1 aromatic rings. The number of aromatic nitrogens is 2. The van der Waals surface area contributed by atoms with E-state index in [1.807, 2.05) is 0 Å². The van der Waals surface area contributed by atoms with Gasteiger partial charge in [0.2, 0.25) is 5.82 Å². The maximum absolute atomic E-state index is 12.3. The minimum Gasteiger partial charge on any atom is -0.443 e. The van der Waals surface area contributed by atoms with Crippen LogP contribution in [0.1, 0.15) is 27.2 Å². The zero-order chi connectivity index (χ0) is 17.4. The topological polar surface area (TPSA) is 106 Å². The van der Waals surface area contributed by atoms with Gasteiger partial charge in [0.1, 0.15) is 18.0 Å². The van der Waals surface area contributed by atoms with Crippen molar-refractivity contribution in [3.63, 3.8) is 0 Å². The van der Waals surface area contributed by atoms with Crippen LogP contribution in [-0.2, 0) is 11.8 Å². The van der Waals surface area contributed by atoms with Gasteiger partial charge < -0.3 is 9.64 Å². The van der Waals surface area contributed by atoms with Crippen LogP contribution in [-0.4, -0.2) is 51.2 Å². The highest BCUT2D eigenvalue weighted by atomic mass is 16.6. The number of carbonyl (C=O) groups is 1. The molecular weight excluding hydrogens is 304 g/mol. The van der Waals surface area contributed by atoms with Gasteiger partial charge in [-0.3, -0.25) is 10.1 Å². The Morgan fingerprint density at radius 3 is 2.65 bits per heavy atom. The molecule has 1 aliphatic heterocycles. The van der Waals surface area contributed by atoms with E-state index in [1.54, 1.807) is 39.8 Å². The second-order valence-corrected chi connectivity index (χ2v) is 6.27. The Kier molecular flexibility index (Phi) is 4.46. The van der Waals surface area contributed by atoms with Gasteiger partial charge in [-0.2, -0.15) is 5.10 Å². The first-order valence-electron chi connectivity index (χ1n) is 7.28. The maximum atomic E-state index is 12.3. The van der Waals surface area contributed by atoms with Crippen molar-refractivity contribution in [1.29, 1.82) is 0 Å². The van der Waals surface area contributed by atoms with E-state index in [9.17, 15) is 14.9 Å². The lowest BCUT2D eigenvalue weighted by Gasteiger charge is -2.46. The largest absolute Gasteiger partial charge is 0.443 e. The van der Waals surface area contributed by atoms with Crippen LogP contribution >= 0.6 is 0 Å². The average Bonchev–Trinajstić information content (AvgIpc) is 2.74. The molecule has 2 rings (SSSR count). The molecule has 10 heteroatoms. The molecule has 1 unspecified atom stereocenters. The van der Waals surface area contributed by atoms with Gasteiger partial charge in [-0.1, -0.05) is 0 Å². The summed E-state index contributed by atoms with van der Waals surface area (Å²) in [4.78, 5) is 24.7. The van der Waals surface area contributed by atoms with Gasteiger partial charge in [0.25, 0.3) is 0 Å². The summed E-state index contributed by atoms with van der Waals surface area (Å²) in [7, 11) is 3.24. The van der Waals surface area contributed by atoms with Crippen LogP contribution in [0, 0.1) is 10.1 Å². The van der Waals surface area contributed by atoms with E-state index in [-0.39, 0.29) is 11.9 Å². The van der Waals surface area contributed by atoms with E-state index in [4.69, 9.17) is 4.74 Å². The molecule has 23 heavy (non-hydrogen) atoms. The second kappa shape index (κ2) is 6.03. The van der Waals surface area contributed by atoms with Gasteiger partial charge in [-0.15, -0.1) is 0 Å². The highest BCUT2D eigenvalue weighted by molar-refractivity contribution is 5.70. The molecule has 0 saturated carbocycles. The monoisotopic (exact) mass is 326 g/mol. The number of nitrogens with one attached hydrogen (secondary N) is 1. The molecule has 1 N–H and O–H groups in total. The second-order valence-electron chi connectivity index (χ2n) is 6.27. The molecular formula is C13H22N6O4. The molecule has 0 aliphatic carbocycles. The third-order valence-corrected chi connectivity index (χ3v) is 3.47. The van der Waals surface area contributed by atoms with Crippen LogP contribution in [0.25, 0.3) is 0 Å². The van der Waals surface area contributed by atoms with E-state index in [0.717, 1.165) is 0 Å². The number of nitro groups is 1. The minimum absolute atomic E-state index is 0.0857. The lowest BCUT2D eigenvalue weighted by atomic mass is 10.1. The molecule has 1 amide bonds. The summed E-state index contributed by atoms with van der Waals surface area (Å²) in [5.41, 5.74) is 2.09. The Balaban J connectivity index is 2.23. The SMILES string of the molecule is CNN(C(=O)OC(C)(C)C)C1CCN1c1c([N+](=O)[O-])cnn1C. The van der Waals surface area contributed by atoms with E-state index < -0.39 is 16.6 Å². The molecule has 1 saturated heterocycles. The number of aryl methyl sites for hydroxylation is 1. The fourth-order valence-corrected chi connectivity index (χ4v) is 2.44. The summed E-state index contributed by atoms with van der Waals surface area (Å²) < 4.78 is 6.80. The van der Waals surface area contributed by atoms with Crippen molar-refractivity contribution >= 4 is 17.6 Å². The number of rotatable bonds is 4. The average molecular weight is 326 g/mol. The van der Waals surface area contributed by atoms with Crippen molar-refractivity contribution in [3.05, 3.63) is 16.3 Å². The zero-order valence-electron chi connectivity index (χ0n) is 13.9. The third-order valence-electron chi connectivity index (χ3n) is 3.47. The molecule has 128 valence electrons. The summed E-state index contributed by atoms with van der Waals surface area (Å²) in [5, 5.41) is 16.4. The van der Waals surface area contributed by atoms with Crippen molar-refractivity contribution in [2.24, 2.45) is 7.05 Å². The number of anilines is 1. The van der Waals surface area contributed by atoms with E-state index in [0.29, 0.717) is 18.8 Å². The smallest absolute Gasteiger partial charge is 0.426 e. The minimum atomic E-state index is -0.626. The number of nitrogens with zero attached hydrogens (tertiary/aromatic N) is 5. The van der Waals surface area contributed by atoms with Gasteiger partial charge in [0, 0.05) is 27.1 Å². The molecule has 2 heterocycles. The summed E-state index contributed by atoms with van der Waals surface area (Å²) in [6, 6.07) is 0. The van der Waals surface area contributed by atoms with Gasteiger partial charge >= 0.3 is 11.8 Å². The fraction of sp³-hybridized carbons (Fsp3) is 0.692. The Labute approximate surface area is 134 Å². The summed E-state index contributed by atoms with van der Waals surface area (Å²) in [6.07, 6.45) is 0.980. The van der Waals surface area contributed by atoms with Crippen molar-refractivity contribution in [2.45, 2.75) is 39.0 Å². The number of carbonyl (C=O) groups excluding carboxylic acids is 1. The number of hydrogen-bond donors (Lipinski definition) is 1. The summed E-state index contributed by atoms with van der Waals surface area (Å²) in [5.74, 6) is 0.370. The number of ether oxygens (including phenoxy) is 1. The van der Waals surface area contributed by atoms with E-state index in [1.165, 1.54) is 15.9 Å². The lowest BCUT2D eigenvalue weighted by molar-refractivity contribution is -0.384. The van der Waals surface area contributed by atoms with Crippen LogP contribution < -0.4 is 10.3 Å². The quantitative estimate of drug-likeness (QED) is 0.655. The Hall–Kier alpha value is -2.36. The van der Waals surface area contributed by atoms with Crippen molar-refractivity contribution in [1.82, 2.24) is 20.2 Å². The molecule has 0 spiro atoms. The molecule has 10 nitrogen and oxygen atoms in total. The number of hydrazine groups is 1. The van der Waals surface area contributed by atoms with Crippen molar-refractivity contribution in [2.75, 3.05) is 18.5 Å². The van der Waals surface area contributed by atoms with Crippen LogP contribution in [0.5, 0.6) is 0 Å². The van der Waals surface area contributed by atoms with Crippen molar-refractivity contribution in [3.8, 4) is 0 Å². The number of amides is 1. The Morgan fingerprint density at radius 2 is 2.22 bits per heavy atom. The van der Waals surface area contributed by atoms with Gasteiger partial charge in [0.15, 0.2) is 0 Å². The molecule has 0 aromatic carbocycles.